The molecule has 0 saturated heterocycles. The van der Waals surface area contributed by atoms with Crippen LogP contribution in [0.5, 0.6) is 0 Å². The molecule has 4 nitrogen and oxygen atoms in total. The van der Waals surface area contributed by atoms with Gasteiger partial charge in [0.15, 0.2) is 0 Å². The normalized spacial score (nSPS) is 18.0. The number of nitrogens with zero attached hydrogens (tertiary/aromatic N) is 1. The van der Waals surface area contributed by atoms with Crippen LogP contribution in [-0.4, -0.2) is 21.9 Å². The molecule has 4 heteroatoms. The SMILES string of the molecule is O=C(O)c1ccc2c(c1)CN(C(=O)C1CC1)C2. The number of carbonyl (C=O) groups excluding carboxylic acids is 1. The molecule has 1 N–H and O–H groups in total. The van der Waals surface area contributed by atoms with Crippen molar-refractivity contribution >= 4 is 11.9 Å². The molecule has 1 aromatic carbocycles. The molecule has 0 unspecified atom stereocenters. The van der Waals surface area contributed by atoms with Crippen molar-refractivity contribution in [3.63, 3.8) is 0 Å². The quantitative estimate of drug-likeness (QED) is 0.841. The summed E-state index contributed by atoms with van der Waals surface area (Å²) in [6.07, 6.45) is 2.01. The largest absolute Gasteiger partial charge is 0.478 e. The zero-order valence-electron chi connectivity index (χ0n) is 9.35. The van der Waals surface area contributed by atoms with E-state index in [4.69, 9.17) is 5.11 Å². The summed E-state index contributed by atoms with van der Waals surface area (Å²) >= 11 is 0. The molecular weight excluding hydrogens is 218 g/mol. The van der Waals surface area contributed by atoms with Crippen LogP contribution < -0.4 is 0 Å². The fourth-order valence-corrected chi connectivity index (χ4v) is 2.27. The van der Waals surface area contributed by atoms with Crippen LogP contribution in [0, 0.1) is 5.92 Å². The monoisotopic (exact) mass is 231 g/mol. The molecule has 1 aliphatic carbocycles. The molecule has 0 atom stereocenters. The third-order valence-corrected chi connectivity index (χ3v) is 3.41. The first-order valence-electron chi connectivity index (χ1n) is 5.79. The molecule has 3 rings (SSSR count). The van der Waals surface area contributed by atoms with Crippen LogP contribution in [0.15, 0.2) is 18.2 Å². The van der Waals surface area contributed by atoms with Crippen LogP contribution in [0.2, 0.25) is 0 Å². The molecular formula is C13H13NO3. The number of aromatic carboxylic acids is 1. The smallest absolute Gasteiger partial charge is 0.335 e. The van der Waals surface area contributed by atoms with E-state index in [0.717, 1.165) is 24.0 Å². The minimum atomic E-state index is -0.917. The Labute approximate surface area is 98.9 Å². The maximum Gasteiger partial charge on any atom is 0.335 e. The molecule has 1 aliphatic heterocycles. The molecule has 88 valence electrons. The number of hydrogen-bond donors (Lipinski definition) is 1. The maximum atomic E-state index is 11.9. The lowest BCUT2D eigenvalue weighted by molar-refractivity contribution is -0.133. The maximum absolute atomic E-state index is 11.9. The molecule has 2 aliphatic rings. The van der Waals surface area contributed by atoms with Gasteiger partial charge in [0.25, 0.3) is 0 Å². The van der Waals surface area contributed by atoms with E-state index in [1.165, 1.54) is 0 Å². The number of carbonyl (C=O) groups is 2. The predicted octanol–water partition coefficient (Wildman–Crippen LogP) is 1.64. The molecule has 1 aromatic rings. The third kappa shape index (κ3) is 1.79. The molecule has 0 aromatic heterocycles. The lowest BCUT2D eigenvalue weighted by Crippen LogP contribution is -2.26. The number of hydrogen-bond acceptors (Lipinski definition) is 2. The van der Waals surface area contributed by atoms with Crippen molar-refractivity contribution in [3.05, 3.63) is 34.9 Å². The number of carboxylic acid groups (broad SMARTS) is 1. The summed E-state index contributed by atoms with van der Waals surface area (Å²) in [6, 6.07) is 5.10. The van der Waals surface area contributed by atoms with Crippen LogP contribution >= 0.6 is 0 Å². The summed E-state index contributed by atoms with van der Waals surface area (Å²) in [5, 5.41) is 8.91. The van der Waals surface area contributed by atoms with Crippen LogP contribution in [-0.2, 0) is 17.9 Å². The van der Waals surface area contributed by atoms with Crippen LogP contribution in [0.4, 0.5) is 0 Å². The lowest BCUT2D eigenvalue weighted by Gasteiger charge is -2.14. The van der Waals surface area contributed by atoms with E-state index in [-0.39, 0.29) is 11.8 Å². The van der Waals surface area contributed by atoms with Gasteiger partial charge in [-0.3, -0.25) is 4.79 Å². The predicted molar refractivity (Wildman–Crippen MR) is 60.4 cm³/mol. The minimum Gasteiger partial charge on any atom is -0.478 e. The zero-order chi connectivity index (χ0) is 12.0. The van der Waals surface area contributed by atoms with Crippen molar-refractivity contribution in [3.8, 4) is 0 Å². The topological polar surface area (TPSA) is 57.6 Å². The van der Waals surface area contributed by atoms with E-state index < -0.39 is 5.97 Å². The second kappa shape index (κ2) is 3.58. The fourth-order valence-electron chi connectivity index (χ4n) is 2.27. The van der Waals surface area contributed by atoms with Gasteiger partial charge in [0.05, 0.1) is 5.56 Å². The highest BCUT2D eigenvalue weighted by Crippen LogP contribution is 2.34. The standard InChI is InChI=1S/C13H13NO3/c15-12(8-1-2-8)14-6-10-4-3-9(13(16)17)5-11(10)7-14/h3-5,8H,1-2,6-7H2,(H,16,17). The van der Waals surface area contributed by atoms with Gasteiger partial charge in [-0.1, -0.05) is 6.07 Å². The number of carboxylic acids is 1. The highest BCUT2D eigenvalue weighted by molar-refractivity contribution is 5.88. The fraction of sp³-hybridized carbons (Fsp3) is 0.385. The molecule has 17 heavy (non-hydrogen) atoms. The number of amides is 1. The second-order valence-electron chi connectivity index (χ2n) is 4.76. The van der Waals surface area contributed by atoms with Crippen LogP contribution in [0.25, 0.3) is 0 Å². The van der Waals surface area contributed by atoms with E-state index in [9.17, 15) is 9.59 Å². The van der Waals surface area contributed by atoms with Gasteiger partial charge in [0.2, 0.25) is 5.91 Å². The summed E-state index contributed by atoms with van der Waals surface area (Å²) in [5.74, 6) is -0.471. The zero-order valence-corrected chi connectivity index (χ0v) is 9.35. The van der Waals surface area contributed by atoms with Crippen molar-refractivity contribution in [1.82, 2.24) is 4.90 Å². The highest BCUT2D eigenvalue weighted by atomic mass is 16.4. The Balaban J connectivity index is 1.82. The first kappa shape index (κ1) is 10.3. The Morgan fingerprint density at radius 2 is 1.88 bits per heavy atom. The van der Waals surface area contributed by atoms with E-state index >= 15 is 0 Å². The molecule has 1 amide bonds. The molecule has 0 spiro atoms. The van der Waals surface area contributed by atoms with E-state index in [0.29, 0.717) is 18.7 Å². The second-order valence-corrected chi connectivity index (χ2v) is 4.76. The summed E-state index contributed by atoms with van der Waals surface area (Å²) in [4.78, 5) is 24.6. The Morgan fingerprint density at radius 1 is 1.18 bits per heavy atom. The van der Waals surface area contributed by atoms with Gasteiger partial charge in [-0.2, -0.15) is 0 Å². The van der Waals surface area contributed by atoms with Crippen LogP contribution in [0.1, 0.15) is 34.3 Å². The Hall–Kier alpha value is -1.84. The van der Waals surface area contributed by atoms with E-state index in [2.05, 4.69) is 0 Å². The van der Waals surface area contributed by atoms with Crippen molar-refractivity contribution < 1.29 is 14.7 Å². The average molecular weight is 231 g/mol. The Morgan fingerprint density at radius 3 is 2.53 bits per heavy atom. The number of fused-ring (bicyclic) bond motifs is 1. The minimum absolute atomic E-state index is 0.220. The summed E-state index contributed by atoms with van der Waals surface area (Å²) in [6.45, 7) is 1.19. The third-order valence-electron chi connectivity index (χ3n) is 3.41. The van der Waals surface area contributed by atoms with E-state index in [1.54, 1.807) is 12.1 Å². The molecule has 1 fully saturated rings. The summed E-state index contributed by atoms with van der Waals surface area (Å²) in [5.41, 5.74) is 2.34. The molecule has 1 heterocycles. The first-order chi connectivity index (χ1) is 8.15. The van der Waals surface area contributed by atoms with Gasteiger partial charge in [-0.25, -0.2) is 4.79 Å². The molecule has 1 saturated carbocycles. The Kier molecular flexibility index (Phi) is 2.18. The van der Waals surface area contributed by atoms with Crippen LogP contribution in [0.3, 0.4) is 0 Å². The van der Waals surface area contributed by atoms with E-state index in [1.807, 2.05) is 11.0 Å². The van der Waals surface area contributed by atoms with Crippen molar-refractivity contribution in [2.24, 2.45) is 5.92 Å². The summed E-state index contributed by atoms with van der Waals surface area (Å²) in [7, 11) is 0. The van der Waals surface area contributed by atoms with Gasteiger partial charge in [0, 0.05) is 19.0 Å². The van der Waals surface area contributed by atoms with Gasteiger partial charge in [-0.15, -0.1) is 0 Å². The van der Waals surface area contributed by atoms with Gasteiger partial charge in [0.1, 0.15) is 0 Å². The number of benzene rings is 1. The molecule has 0 radical (unpaired) electrons. The summed E-state index contributed by atoms with van der Waals surface area (Å²) < 4.78 is 0. The molecule has 0 bridgehead atoms. The van der Waals surface area contributed by atoms with Crippen molar-refractivity contribution in [2.45, 2.75) is 25.9 Å². The number of rotatable bonds is 2. The van der Waals surface area contributed by atoms with Crippen molar-refractivity contribution in [2.75, 3.05) is 0 Å². The highest BCUT2D eigenvalue weighted by Gasteiger charge is 2.35. The van der Waals surface area contributed by atoms with Gasteiger partial charge < -0.3 is 10.0 Å². The lowest BCUT2D eigenvalue weighted by atomic mass is 10.1. The van der Waals surface area contributed by atoms with Gasteiger partial charge >= 0.3 is 5.97 Å². The average Bonchev–Trinajstić information content (AvgIpc) is 3.06. The van der Waals surface area contributed by atoms with Crippen molar-refractivity contribution in [1.29, 1.82) is 0 Å². The Bertz CT molecular complexity index is 505. The first-order valence-corrected chi connectivity index (χ1v) is 5.79. The van der Waals surface area contributed by atoms with Gasteiger partial charge in [-0.05, 0) is 36.1 Å².